The molecule has 0 saturated heterocycles. The van der Waals surface area contributed by atoms with Crippen LogP contribution in [0.5, 0.6) is 0 Å². The zero-order valence-electron chi connectivity index (χ0n) is 16.9. The number of esters is 1. The maximum Gasteiger partial charge on any atom is 0.338 e. The first-order valence-corrected chi connectivity index (χ1v) is 9.37. The van der Waals surface area contributed by atoms with Crippen LogP contribution in [0.3, 0.4) is 0 Å². The Hall–Kier alpha value is -3.35. The molecule has 2 heterocycles. The van der Waals surface area contributed by atoms with Crippen LogP contribution >= 0.6 is 0 Å². The lowest BCUT2D eigenvalue weighted by Crippen LogP contribution is -2.43. The number of nitrogens with zero attached hydrogens (tertiary/aromatic N) is 2. The van der Waals surface area contributed by atoms with Crippen molar-refractivity contribution in [3.8, 4) is 11.3 Å². The van der Waals surface area contributed by atoms with Crippen molar-refractivity contribution in [2.24, 2.45) is 0 Å². The Morgan fingerprint density at radius 3 is 2.72 bits per heavy atom. The normalized spacial score (nSPS) is 20.3. The highest BCUT2D eigenvalue weighted by Gasteiger charge is 2.63. The van der Waals surface area contributed by atoms with Crippen LogP contribution < -0.4 is 5.73 Å². The third kappa shape index (κ3) is 2.46. The molecule has 0 unspecified atom stereocenters. The predicted molar refractivity (Wildman–Crippen MR) is 108 cm³/mol. The number of amides is 1. The second-order valence-corrected chi connectivity index (χ2v) is 8.19. The Labute approximate surface area is 168 Å². The number of allylic oxidation sites excluding steroid dienone is 1. The topological polar surface area (TPSA) is 98.7 Å². The van der Waals surface area contributed by atoms with Gasteiger partial charge in [0.15, 0.2) is 11.2 Å². The number of benzene rings is 1. The molecule has 0 fully saturated rings. The molecule has 1 aromatic carbocycles. The molecule has 1 atom stereocenters. The highest BCUT2D eigenvalue weighted by Crippen LogP contribution is 2.57. The number of oxazole rings is 1. The fourth-order valence-corrected chi connectivity index (χ4v) is 4.23. The van der Waals surface area contributed by atoms with Crippen LogP contribution in [0.2, 0.25) is 0 Å². The minimum Gasteiger partial charge on any atom is -0.457 e. The highest BCUT2D eigenvalue weighted by molar-refractivity contribution is 6.14. The van der Waals surface area contributed by atoms with Crippen LogP contribution in [-0.4, -0.2) is 33.9 Å². The van der Waals surface area contributed by atoms with Crippen molar-refractivity contribution in [1.82, 2.24) is 9.88 Å². The third-order valence-electron chi connectivity index (χ3n) is 5.20. The first-order valence-electron chi connectivity index (χ1n) is 9.37. The molecule has 2 N–H and O–H groups in total. The van der Waals surface area contributed by atoms with Gasteiger partial charge < -0.3 is 19.8 Å². The fraction of sp³-hybridized carbons (Fsp3) is 0.318. The molecule has 1 aromatic heterocycles. The van der Waals surface area contributed by atoms with E-state index in [9.17, 15) is 9.59 Å². The number of hydrogen-bond donors (Lipinski definition) is 1. The van der Waals surface area contributed by atoms with E-state index >= 15 is 0 Å². The molecule has 2 aliphatic rings. The van der Waals surface area contributed by atoms with E-state index in [1.54, 1.807) is 33.8 Å². The SMILES string of the molecule is C=CCN1C(=O)[C@@]2(C(C(=O)OC(C)(C)C)=C1C)c1ccccc1-c1oc(N)nc12. The van der Waals surface area contributed by atoms with Gasteiger partial charge in [0.25, 0.3) is 6.01 Å². The Morgan fingerprint density at radius 2 is 2.07 bits per heavy atom. The summed E-state index contributed by atoms with van der Waals surface area (Å²) < 4.78 is 11.3. The van der Waals surface area contributed by atoms with Crippen molar-refractivity contribution in [3.63, 3.8) is 0 Å². The van der Waals surface area contributed by atoms with Gasteiger partial charge in [0.2, 0.25) is 5.91 Å². The molecule has 2 aromatic rings. The molecule has 0 radical (unpaired) electrons. The Bertz CT molecular complexity index is 1090. The average molecular weight is 393 g/mol. The molecule has 0 saturated carbocycles. The summed E-state index contributed by atoms with van der Waals surface area (Å²) in [5, 5.41) is 0. The second-order valence-electron chi connectivity index (χ2n) is 8.19. The van der Waals surface area contributed by atoms with E-state index in [1.807, 2.05) is 24.3 Å². The van der Waals surface area contributed by atoms with E-state index in [-0.39, 0.29) is 24.0 Å². The molecular weight excluding hydrogens is 370 g/mol. The first kappa shape index (κ1) is 19.0. The van der Waals surface area contributed by atoms with Gasteiger partial charge in [-0.3, -0.25) is 4.79 Å². The van der Waals surface area contributed by atoms with Crippen LogP contribution in [0.1, 0.15) is 39.0 Å². The van der Waals surface area contributed by atoms with E-state index < -0.39 is 17.0 Å². The van der Waals surface area contributed by atoms with Gasteiger partial charge in [-0.05, 0) is 33.3 Å². The molecule has 1 amide bonds. The summed E-state index contributed by atoms with van der Waals surface area (Å²) in [6.07, 6.45) is 1.62. The average Bonchev–Trinajstić information content (AvgIpc) is 3.20. The molecule has 1 spiro atoms. The van der Waals surface area contributed by atoms with Crippen LogP contribution in [0.15, 0.2) is 52.6 Å². The van der Waals surface area contributed by atoms with E-state index in [4.69, 9.17) is 14.9 Å². The van der Waals surface area contributed by atoms with Crippen LogP contribution in [0.4, 0.5) is 6.01 Å². The quantitative estimate of drug-likeness (QED) is 0.635. The Morgan fingerprint density at radius 1 is 1.38 bits per heavy atom. The smallest absolute Gasteiger partial charge is 0.338 e. The summed E-state index contributed by atoms with van der Waals surface area (Å²) in [5.41, 5.74) is 6.05. The number of nitrogens with two attached hydrogens (primary N) is 1. The number of ether oxygens (including phenoxy) is 1. The molecule has 1 aliphatic heterocycles. The molecule has 1 aliphatic carbocycles. The number of carbonyl (C=O) groups is 2. The largest absolute Gasteiger partial charge is 0.457 e. The molecule has 7 heteroatoms. The standard InChI is InChI=1S/C22H23N3O4/c1-6-11-25-12(2)15(18(26)29-21(3,4)5)22(19(25)27)14-10-8-7-9-13(14)16-17(22)24-20(23)28-16/h6-10H,1,11H2,2-5H3,(H2,23,24)/t22-/m1/s1. The predicted octanol–water partition coefficient (Wildman–Crippen LogP) is 3.17. The van der Waals surface area contributed by atoms with Gasteiger partial charge >= 0.3 is 5.97 Å². The Balaban J connectivity index is 2.05. The molecule has 150 valence electrons. The second kappa shape index (κ2) is 6.07. The third-order valence-corrected chi connectivity index (χ3v) is 5.20. The molecule has 4 rings (SSSR count). The number of aromatic nitrogens is 1. The molecule has 7 nitrogen and oxygen atoms in total. The van der Waals surface area contributed by atoms with Crippen LogP contribution in [-0.2, 0) is 19.7 Å². The monoisotopic (exact) mass is 393 g/mol. The van der Waals surface area contributed by atoms with Gasteiger partial charge in [0.05, 0.1) is 5.57 Å². The lowest BCUT2D eigenvalue weighted by molar-refractivity contribution is -0.151. The highest BCUT2D eigenvalue weighted by atomic mass is 16.6. The minimum absolute atomic E-state index is 0.0555. The summed E-state index contributed by atoms with van der Waals surface area (Å²) in [6.45, 7) is 11.1. The van der Waals surface area contributed by atoms with Crippen molar-refractivity contribution in [2.45, 2.75) is 38.7 Å². The lowest BCUT2D eigenvalue weighted by atomic mass is 9.74. The number of fused-ring (bicyclic) bond motifs is 5. The summed E-state index contributed by atoms with van der Waals surface area (Å²) in [7, 11) is 0. The van der Waals surface area contributed by atoms with Gasteiger partial charge in [-0.2, -0.15) is 4.98 Å². The van der Waals surface area contributed by atoms with Crippen molar-refractivity contribution in [3.05, 3.63) is 59.4 Å². The van der Waals surface area contributed by atoms with Crippen molar-refractivity contribution < 1.29 is 18.7 Å². The molecule has 0 bridgehead atoms. The Kier molecular flexibility index (Phi) is 3.98. The van der Waals surface area contributed by atoms with E-state index in [1.165, 1.54) is 4.90 Å². The van der Waals surface area contributed by atoms with E-state index in [2.05, 4.69) is 11.6 Å². The maximum atomic E-state index is 13.9. The van der Waals surface area contributed by atoms with Gasteiger partial charge in [-0.25, -0.2) is 4.79 Å². The van der Waals surface area contributed by atoms with Crippen molar-refractivity contribution in [1.29, 1.82) is 0 Å². The van der Waals surface area contributed by atoms with Gasteiger partial charge in [0.1, 0.15) is 11.3 Å². The summed E-state index contributed by atoms with van der Waals surface area (Å²) in [5.74, 6) is -0.463. The van der Waals surface area contributed by atoms with E-state index in [0.717, 1.165) is 0 Å². The zero-order chi connectivity index (χ0) is 21.1. The van der Waals surface area contributed by atoms with Crippen molar-refractivity contribution >= 4 is 17.9 Å². The first-order chi connectivity index (χ1) is 13.6. The van der Waals surface area contributed by atoms with Gasteiger partial charge in [-0.15, -0.1) is 6.58 Å². The maximum absolute atomic E-state index is 13.9. The minimum atomic E-state index is -1.46. The van der Waals surface area contributed by atoms with Gasteiger partial charge in [0, 0.05) is 17.8 Å². The number of anilines is 1. The summed E-state index contributed by atoms with van der Waals surface area (Å²) in [4.78, 5) is 33.1. The van der Waals surface area contributed by atoms with Crippen molar-refractivity contribution in [2.75, 3.05) is 12.3 Å². The van der Waals surface area contributed by atoms with E-state index in [0.29, 0.717) is 28.3 Å². The summed E-state index contributed by atoms with van der Waals surface area (Å²) in [6, 6.07) is 7.25. The molecular formula is C22H23N3O4. The summed E-state index contributed by atoms with van der Waals surface area (Å²) >= 11 is 0. The van der Waals surface area contributed by atoms with Gasteiger partial charge in [-0.1, -0.05) is 30.3 Å². The van der Waals surface area contributed by atoms with Crippen LogP contribution in [0.25, 0.3) is 11.3 Å². The number of rotatable bonds is 3. The number of hydrogen-bond acceptors (Lipinski definition) is 6. The van der Waals surface area contributed by atoms with Crippen LogP contribution in [0, 0.1) is 0 Å². The fourth-order valence-electron chi connectivity index (χ4n) is 4.23. The molecule has 29 heavy (non-hydrogen) atoms. The zero-order valence-corrected chi connectivity index (χ0v) is 16.9. The number of carbonyl (C=O) groups excluding carboxylic acids is 2. The lowest BCUT2D eigenvalue weighted by Gasteiger charge is -2.28. The number of nitrogen functional groups attached to an aromatic ring is 1.